The molecule has 0 aromatic heterocycles. The summed E-state index contributed by atoms with van der Waals surface area (Å²) < 4.78 is 5.06. The summed E-state index contributed by atoms with van der Waals surface area (Å²) in [5.41, 5.74) is 3.16. The molecule has 5 nitrogen and oxygen atoms in total. The molecule has 5 heteroatoms. The van der Waals surface area contributed by atoms with Crippen LogP contribution in [0.2, 0.25) is 0 Å². The van der Waals surface area contributed by atoms with Crippen molar-refractivity contribution in [3.8, 4) is 0 Å². The Hall–Kier alpha value is -1.62. The van der Waals surface area contributed by atoms with Crippen LogP contribution in [0.4, 0.5) is 0 Å². The number of allylic oxidation sites excluding steroid dienone is 3. The minimum atomic E-state index is -0.608. The first kappa shape index (κ1) is 14.4. The number of hydrogen-bond acceptors (Lipinski definition) is 5. The van der Waals surface area contributed by atoms with Crippen LogP contribution in [-0.2, 0) is 19.2 Å². The Kier molecular flexibility index (Phi) is 5.58. The van der Waals surface area contributed by atoms with E-state index < -0.39 is 5.97 Å². The maximum atomic E-state index is 11.9. The highest BCUT2D eigenvalue weighted by molar-refractivity contribution is 6.24. The number of rotatable bonds is 6. The zero-order chi connectivity index (χ0) is 13.5. The number of hydroxylamine groups is 1. The van der Waals surface area contributed by atoms with Gasteiger partial charge in [-0.1, -0.05) is 20.8 Å². The predicted octanol–water partition coefficient (Wildman–Crippen LogP) is 2.00. The number of carbonyl (C=O) groups is 2. The van der Waals surface area contributed by atoms with Gasteiger partial charge < -0.3 is 4.74 Å². The molecule has 18 heavy (non-hydrogen) atoms. The molecule has 1 rings (SSSR count). The molecule has 1 aliphatic heterocycles. The molecule has 0 bridgehead atoms. The maximum Gasteiger partial charge on any atom is 0.349 e. The summed E-state index contributed by atoms with van der Waals surface area (Å²) in [7, 11) is 0. The van der Waals surface area contributed by atoms with Crippen LogP contribution in [-0.4, -0.2) is 18.4 Å². The van der Waals surface area contributed by atoms with Gasteiger partial charge in [-0.05, 0) is 12.8 Å². The SMILES string of the molecule is CCCONC(CC)=C1C(=O)C=C(CC)OC1=O. The lowest BCUT2D eigenvalue weighted by Crippen LogP contribution is -2.27. The summed E-state index contributed by atoms with van der Waals surface area (Å²) >= 11 is 0. The Balaban J connectivity index is 2.92. The van der Waals surface area contributed by atoms with Crippen molar-refractivity contribution in [2.45, 2.75) is 40.0 Å². The zero-order valence-corrected chi connectivity index (χ0v) is 11.0. The monoisotopic (exact) mass is 253 g/mol. The van der Waals surface area contributed by atoms with Gasteiger partial charge in [0.2, 0.25) is 0 Å². The normalized spacial score (nSPS) is 18.3. The second-order valence-corrected chi connectivity index (χ2v) is 3.88. The molecule has 0 radical (unpaired) electrons. The quantitative estimate of drug-likeness (QED) is 0.258. The van der Waals surface area contributed by atoms with Gasteiger partial charge in [0.1, 0.15) is 11.3 Å². The summed E-state index contributed by atoms with van der Waals surface area (Å²) in [6.45, 7) is 6.14. The minimum absolute atomic E-state index is 0.0332. The molecule has 0 saturated heterocycles. The fraction of sp³-hybridized carbons (Fsp3) is 0.538. The third kappa shape index (κ3) is 3.43. The van der Waals surface area contributed by atoms with E-state index in [1.54, 1.807) is 0 Å². The lowest BCUT2D eigenvalue weighted by Gasteiger charge is -2.17. The van der Waals surface area contributed by atoms with Crippen LogP contribution in [0.25, 0.3) is 0 Å². The summed E-state index contributed by atoms with van der Waals surface area (Å²) in [4.78, 5) is 28.8. The second kappa shape index (κ2) is 6.96. The largest absolute Gasteiger partial charge is 0.427 e. The first-order chi connectivity index (χ1) is 8.63. The van der Waals surface area contributed by atoms with Crippen molar-refractivity contribution in [2.75, 3.05) is 6.61 Å². The molecule has 0 aromatic rings. The first-order valence-corrected chi connectivity index (χ1v) is 6.22. The van der Waals surface area contributed by atoms with Gasteiger partial charge >= 0.3 is 5.97 Å². The van der Waals surface area contributed by atoms with Crippen molar-refractivity contribution in [1.82, 2.24) is 5.48 Å². The van der Waals surface area contributed by atoms with Crippen LogP contribution >= 0.6 is 0 Å². The van der Waals surface area contributed by atoms with E-state index in [4.69, 9.17) is 9.57 Å². The average Bonchev–Trinajstić information content (AvgIpc) is 2.35. The van der Waals surface area contributed by atoms with Crippen LogP contribution in [0.5, 0.6) is 0 Å². The van der Waals surface area contributed by atoms with Gasteiger partial charge in [0, 0.05) is 12.5 Å². The minimum Gasteiger partial charge on any atom is -0.427 e. The van der Waals surface area contributed by atoms with E-state index in [1.807, 2.05) is 20.8 Å². The Morgan fingerprint density at radius 1 is 1.33 bits per heavy atom. The average molecular weight is 253 g/mol. The Morgan fingerprint density at radius 3 is 2.56 bits per heavy atom. The summed E-state index contributed by atoms with van der Waals surface area (Å²) in [6.07, 6.45) is 3.21. The van der Waals surface area contributed by atoms with Crippen molar-refractivity contribution >= 4 is 11.8 Å². The number of esters is 1. The number of hydrogen-bond donors (Lipinski definition) is 1. The molecule has 0 saturated carbocycles. The smallest absolute Gasteiger partial charge is 0.349 e. The highest BCUT2D eigenvalue weighted by Gasteiger charge is 2.28. The standard InChI is InChI=1S/C13H19NO4/c1-4-7-17-14-10(6-3)12-11(15)8-9(5-2)18-13(12)16/h8,14H,4-7H2,1-3H3. The lowest BCUT2D eigenvalue weighted by atomic mass is 10.0. The molecular weight excluding hydrogens is 234 g/mol. The highest BCUT2D eigenvalue weighted by atomic mass is 16.6. The van der Waals surface area contributed by atoms with E-state index in [0.717, 1.165) is 6.42 Å². The molecule has 1 heterocycles. The van der Waals surface area contributed by atoms with Crippen LogP contribution in [0.3, 0.4) is 0 Å². The van der Waals surface area contributed by atoms with Crippen LogP contribution < -0.4 is 5.48 Å². The molecule has 0 aromatic carbocycles. The number of ether oxygens (including phenoxy) is 1. The molecule has 0 aliphatic carbocycles. The molecule has 0 fully saturated rings. The number of ketones is 1. The van der Waals surface area contributed by atoms with E-state index in [9.17, 15) is 9.59 Å². The molecule has 1 N–H and O–H groups in total. The molecule has 0 spiro atoms. The lowest BCUT2D eigenvalue weighted by molar-refractivity contribution is -0.138. The summed E-state index contributed by atoms with van der Waals surface area (Å²) in [5.74, 6) is -0.532. The summed E-state index contributed by atoms with van der Waals surface area (Å²) in [5, 5.41) is 0. The molecular formula is C13H19NO4. The first-order valence-electron chi connectivity index (χ1n) is 6.22. The van der Waals surface area contributed by atoms with Crippen molar-refractivity contribution < 1.29 is 19.2 Å². The molecule has 0 unspecified atom stereocenters. The van der Waals surface area contributed by atoms with E-state index in [0.29, 0.717) is 30.9 Å². The number of cyclic esters (lactones) is 1. The van der Waals surface area contributed by atoms with Crippen molar-refractivity contribution in [2.24, 2.45) is 0 Å². The van der Waals surface area contributed by atoms with Gasteiger partial charge in [0.15, 0.2) is 5.78 Å². The van der Waals surface area contributed by atoms with Gasteiger partial charge in [-0.3, -0.25) is 15.1 Å². The molecule has 0 amide bonds. The third-order valence-corrected chi connectivity index (χ3v) is 2.47. The van der Waals surface area contributed by atoms with E-state index >= 15 is 0 Å². The van der Waals surface area contributed by atoms with Gasteiger partial charge in [-0.2, -0.15) is 0 Å². The Bertz CT molecular complexity index is 396. The maximum absolute atomic E-state index is 11.9. The zero-order valence-electron chi connectivity index (χ0n) is 11.0. The second-order valence-electron chi connectivity index (χ2n) is 3.88. The Morgan fingerprint density at radius 2 is 2.06 bits per heavy atom. The topological polar surface area (TPSA) is 64.6 Å². The Labute approximate surface area is 107 Å². The van der Waals surface area contributed by atoms with Gasteiger partial charge in [0.25, 0.3) is 0 Å². The molecule has 100 valence electrons. The third-order valence-electron chi connectivity index (χ3n) is 2.47. The van der Waals surface area contributed by atoms with Crippen molar-refractivity contribution in [3.63, 3.8) is 0 Å². The van der Waals surface area contributed by atoms with E-state index in [1.165, 1.54) is 6.08 Å². The van der Waals surface area contributed by atoms with Gasteiger partial charge in [0.05, 0.1) is 12.3 Å². The summed E-state index contributed by atoms with van der Waals surface area (Å²) in [6, 6.07) is 0. The predicted molar refractivity (Wildman–Crippen MR) is 66.2 cm³/mol. The van der Waals surface area contributed by atoms with E-state index in [2.05, 4.69) is 5.48 Å². The van der Waals surface area contributed by atoms with Crippen LogP contribution in [0, 0.1) is 0 Å². The van der Waals surface area contributed by atoms with Gasteiger partial charge in [-0.25, -0.2) is 4.79 Å². The van der Waals surface area contributed by atoms with Crippen LogP contribution in [0.15, 0.2) is 23.1 Å². The van der Waals surface area contributed by atoms with E-state index in [-0.39, 0.29) is 11.4 Å². The fourth-order valence-corrected chi connectivity index (χ4v) is 1.50. The fourth-order valence-electron chi connectivity index (χ4n) is 1.50. The highest BCUT2D eigenvalue weighted by Crippen LogP contribution is 2.19. The van der Waals surface area contributed by atoms with Crippen LogP contribution in [0.1, 0.15) is 40.0 Å². The number of carbonyl (C=O) groups excluding carboxylic acids is 2. The number of nitrogens with one attached hydrogen (secondary N) is 1. The van der Waals surface area contributed by atoms with Crippen molar-refractivity contribution in [3.05, 3.63) is 23.1 Å². The molecule has 1 aliphatic rings. The van der Waals surface area contributed by atoms with Gasteiger partial charge in [-0.15, -0.1) is 0 Å². The molecule has 0 atom stereocenters. The van der Waals surface area contributed by atoms with Crippen molar-refractivity contribution in [1.29, 1.82) is 0 Å².